The average molecular weight is 382 g/mol. The SMILES string of the molecule is CCc1cccc(Oc2ccc(NC(=O)[C@@H](N)CCSC)cn2)c1.Cl. The molecule has 1 atom stereocenters. The number of nitrogens with zero attached hydrogens (tertiary/aromatic N) is 1. The lowest BCUT2D eigenvalue weighted by Crippen LogP contribution is -2.36. The van der Waals surface area contributed by atoms with E-state index in [2.05, 4.69) is 23.3 Å². The zero-order chi connectivity index (χ0) is 17.4. The molecule has 0 spiro atoms. The summed E-state index contributed by atoms with van der Waals surface area (Å²) in [7, 11) is 0. The lowest BCUT2D eigenvalue weighted by Gasteiger charge is -2.12. The summed E-state index contributed by atoms with van der Waals surface area (Å²) < 4.78 is 5.73. The number of aromatic nitrogens is 1. The van der Waals surface area contributed by atoms with Crippen LogP contribution in [0.25, 0.3) is 0 Å². The van der Waals surface area contributed by atoms with Crippen molar-refractivity contribution in [2.75, 3.05) is 17.3 Å². The number of hydrogen-bond acceptors (Lipinski definition) is 5. The monoisotopic (exact) mass is 381 g/mol. The van der Waals surface area contributed by atoms with Gasteiger partial charge in [-0.15, -0.1) is 12.4 Å². The first-order valence-electron chi connectivity index (χ1n) is 7.90. The Bertz CT molecular complexity index is 668. The van der Waals surface area contributed by atoms with Gasteiger partial charge in [0.05, 0.1) is 17.9 Å². The Morgan fingerprint density at radius 2 is 2.16 bits per heavy atom. The predicted octanol–water partition coefficient (Wildman–Crippen LogP) is 3.88. The van der Waals surface area contributed by atoms with Crippen LogP contribution in [0, 0.1) is 0 Å². The Kier molecular flexibility index (Phi) is 9.34. The maximum Gasteiger partial charge on any atom is 0.241 e. The quantitative estimate of drug-likeness (QED) is 0.725. The highest BCUT2D eigenvalue weighted by Gasteiger charge is 2.13. The van der Waals surface area contributed by atoms with Gasteiger partial charge >= 0.3 is 0 Å². The third-order valence-electron chi connectivity index (χ3n) is 3.50. The van der Waals surface area contributed by atoms with E-state index in [0.29, 0.717) is 18.0 Å². The number of anilines is 1. The lowest BCUT2D eigenvalue weighted by molar-refractivity contribution is -0.117. The summed E-state index contributed by atoms with van der Waals surface area (Å²) in [6, 6.07) is 10.9. The van der Waals surface area contributed by atoms with Crippen LogP contribution >= 0.6 is 24.2 Å². The summed E-state index contributed by atoms with van der Waals surface area (Å²) in [4.78, 5) is 16.2. The molecule has 5 nitrogen and oxygen atoms in total. The van der Waals surface area contributed by atoms with E-state index in [0.717, 1.165) is 17.9 Å². The van der Waals surface area contributed by atoms with Gasteiger partial charge in [0.25, 0.3) is 0 Å². The van der Waals surface area contributed by atoms with Crippen molar-refractivity contribution in [3.8, 4) is 11.6 Å². The molecule has 0 aliphatic carbocycles. The molecule has 0 radical (unpaired) electrons. The van der Waals surface area contributed by atoms with Crippen molar-refractivity contribution < 1.29 is 9.53 Å². The fourth-order valence-corrected chi connectivity index (χ4v) is 2.56. The van der Waals surface area contributed by atoms with Crippen LogP contribution in [0.1, 0.15) is 18.9 Å². The molecule has 7 heteroatoms. The van der Waals surface area contributed by atoms with E-state index < -0.39 is 6.04 Å². The molecular formula is C18H24ClN3O2S. The summed E-state index contributed by atoms with van der Waals surface area (Å²) in [6.07, 6.45) is 5.16. The molecule has 3 N–H and O–H groups in total. The van der Waals surface area contributed by atoms with E-state index in [1.165, 1.54) is 5.56 Å². The summed E-state index contributed by atoms with van der Waals surface area (Å²) in [5.74, 6) is 1.89. The molecular weight excluding hydrogens is 358 g/mol. The molecule has 136 valence electrons. The highest BCUT2D eigenvalue weighted by atomic mass is 35.5. The molecule has 1 aromatic heterocycles. The van der Waals surface area contributed by atoms with Gasteiger partial charge in [-0.2, -0.15) is 11.8 Å². The molecule has 1 heterocycles. The minimum Gasteiger partial charge on any atom is -0.439 e. The second kappa shape index (κ2) is 11.0. The molecule has 0 bridgehead atoms. The number of aryl methyl sites for hydroxylation is 1. The molecule has 1 amide bonds. The summed E-state index contributed by atoms with van der Waals surface area (Å²) in [5, 5.41) is 2.77. The Hall–Kier alpha value is -1.76. The summed E-state index contributed by atoms with van der Waals surface area (Å²) >= 11 is 1.67. The standard InChI is InChI=1S/C18H23N3O2S.ClH/c1-3-13-5-4-6-15(11-13)23-17-8-7-14(12-20-17)21-18(22)16(19)9-10-24-2;/h4-8,11-12,16H,3,9-10,19H2,1-2H3,(H,21,22);1H/t16-;/m0./s1. The number of hydrogen-bond donors (Lipinski definition) is 2. The van der Waals surface area contributed by atoms with Crippen molar-refractivity contribution in [3.05, 3.63) is 48.2 Å². The van der Waals surface area contributed by atoms with Gasteiger partial charge in [-0.1, -0.05) is 19.1 Å². The highest BCUT2D eigenvalue weighted by molar-refractivity contribution is 7.98. The number of benzene rings is 1. The largest absolute Gasteiger partial charge is 0.439 e. The van der Waals surface area contributed by atoms with Crippen LogP contribution in [0.3, 0.4) is 0 Å². The van der Waals surface area contributed by atoms with Crippen LogP contribution in [0.15, 0.2) is 42.6 Å². The van der Waals surface area contributed by atoms with Crippen molar-refractivity contribution in [2.45, 2.75) is 25.8 Å². The molecule has 2 aromatic rings. The normalized spacial score (nSPS) is 11.3. The van der Waals surface area contributed by atoms with E-state index >= 15 is 0 Å². The van der Waals surface area contributed by atoms with Gasteiger partial charge in [0.1, 0.15) is 5.75 Å². The first kappa shape index (κ1) is 21.3. The maximum atomic E-state index is 12.0. The Labute approximate surface area is 159 Å². The molecule has 25 heavy (non-hydrogen) atoms. The molecule has 0 fully saturated rings. The van der Waals surface area contributed by atoms with Crippen LogP contribution in [-0.4, -0.2) is 28.9 Å². The first-order chi connectivity index (χ1) is 11.6. The topological polar surface area (TPSA) is 77.2 Å². The zero-order valence-corrected chi connectivity index (χ0v) is 16.0. The number of carbonyl (C=O) groups is 1. The van der Waals surface area contributed by atoms with Gasteiger partial charge in [0, 0.05) is 6.07 Å². The average Bonchev–Trinajstić information content (AvgIpc) is 2.61. The molecule has 1 aromatic carbocycles. The molecule has 0 aliphatic rings. The predicted molar refractivity (Wildman–Crippen MR) is 107 cm³/mol. The van der Waals surface area contributed by atoms with Crippen molar-refractivity contribution in [1.82, 2.24) is 4.98 Å². The van der Waals surface area contributed by atoms with Crippen molar-refractivity contribution in [1.29, 1.82) is 0 Å². The second-order valence-corrected chi connectivity index (χ2v) is 6.35. The van der Waals surface area contributed by atoms with Gasteiger partial charge in [0.2, 0.25) is 11.8 Å². The molecule has 2 rings (SSSR count). The Morgan fingerprint density at radius 1 is 1.36 bits per heavy atom. The fraction of sp³-hybridized carbons (Fsp3) is 0.333. The minimum absolute atomic E-state index is 0. The van der Waals surface area contributed by atoms with Crippen molar-refractivity contribution in [2.24, 2.45) is 5.73 Å². The van der Waals surface area contributed by atoms with Gasteiger partial charge in [-0.25, -0.2) is 4.98 Å². The van der Waals surface area contributed by atoms with Crippen molar-refractivity contribution >= 4 is 35.8 Å². The van der Waals surface area contributed by atoms with Gasteiger partial charge in [-0.05, 0) is 48.6 Å². The molecule has 0 saturated carbocycles. The van der Waals surface area contributed by atoms with Crippen LogP contribution in [0.2, 0.25) is 0 Å². The first-order valence-corrected chi connectivity index (χ1v) is 9.30. The summed E-state index contributed by atoms with van der Waals surface area (Å²) in [5.41, 5.74) is 7.65. The van der Waals surface area contributed by atoms with Crippen LogP contribution in [-0.2, 0) is 11.2 Å². The minimum atomic E-state index is -0.509. The Morgan fingerprint density at radius 3 is 2.80 bits per heavy atom. The number of nitrogens with one attached hydrogen (secondary N) is 1. The molecule has 0 unspecified atom stereocenters. The molecule has 0 aliphatic heterocycles. The fourth-order valence-electron chi connectivity index (χ4n) is 2.08. The van der Waals surface area contributed by atoms with Crippen LogP contribution in [0.5, 0.6) is 11.6 Å². The number of carbonyl (C=O) groups excluding carboxylic acids is 1. The number of nitrogens with two attached hydrogens (primary N) is 1. The summed E-state index contributed by atoms with van der Waals surface area (Å²) in [6.45, 7) is 2.10. The lowest BCUT2D eigenvalue weighted by atomic mass is 10.2. The maximum absolute atomic E-state index is 12.0. The van der Waals surface area contributed by atoms with Crippen LogP contribution < -0.4 is 15.8 Å². The zero-order valence-electron chi connectivity index (χ0n) is 14.4. The second-order valence-electron chi connectivity index (χ2n) is 5.37. The van der Waals surface area contributed by atoms with Crippen LogP contribution in [0.4, 0.5) is 5.69 Å². The third kappa shape index (κ3) is 6.94. The van der Waals surface area contributed by atoms with E-state index in [1.54, 1.807) is 30.1 Å². The number of ether oxygens (including phenoxy) is 1. The third-order valence-corrected chi connectivity index (χ3v) is 4.15. The number of thioether (sulfide) groups is 1. The number of pyridine rings is 1. The smallest absolute Gasteiger partial charge is 0.241 e. The van der Waals surface area contributed by atoms with Crippen molar-refractivity contribution in [3.63, 3.8) is 0 Å². The number of rotatable bonds is 8. The molecule has 0 saturated heterocycles. The van der Waals surface area contributed by atoms with E-state index in [-0.39, 0.29) is 18.3 Å². The Balaban J connectivity index is 0.00000312. The number of amides is 1. The van der Waals surface area contributed by atoms with E-state index in [1.807, 2.05) is 24.5 Å². The van der Waals surface area contributed by atoms with Gasteiger partial charge < -0.3 is 15.8 Å². The highest BCUT2D eigenvalue weighted by Crippen LogP contribution is 2.21. The van der Waals surface area contributed by atoms with E-state index in [9.17, 15) is 4.79 Å². The number of halogens is 1. The van der Waals surface area contributed by atoms with Gasteiger partial charge in [0.15, 0.2) is 0 Å². The van der Waals surface area contributed by atoms with E-state index in [4.69, 9.17) is 10.5 Å². The van der Waals surface area contributed by atoms with Gasteiger partial charge in [-0.3, -0.25) is 4.79 Å².